The third-order valence-electron chi connectivity index (χ3n) is 2.40. The van der Waals surface area contributed by atoms with Gasteiger partial charge in [-0.3, -0.25) is 0 Å². The first kappa shape index (κ1) is 10.4. The lowest BCUT2D eigenvalue weighted by molar-refractivity contribution is 0.505. The van der Waals surface area contributed by atoms with Crippen molar-refractivity contribution in [3.8, 4) is 0 Å². The SMILES string of the molecule is CC(C)(N)CCSC1CCCC1. The highest BCUT2D eigenvalue weighted by atomic mass is 32.2. The molecule has 0 bridgehead atoms. The van der Waals surface area contributed by atoms with E-state index >= 15 is 0 Å². The lowest BCUT2D eigenvalue weighted by Gasteiger charge is -2.18. The molecule has 0 radical (unpaired) electrons. The van der Waals surface area contributed by atoms with Crippen LogP contribution in [0.1, 0.15) is 46.0 Å². The molecule has 1 fully saturated rings. The number of thioether (sulfide) groups is 1. The summed E-state index contributed by atoms with van der Waals surface area (Å²) in [5, 5.41) is 0.951. The van der Waals surface area contributed by atoms with Gasteiger partial charge in [-0.15, -0.1) is 0 Å². The van der Waals surface area contributed by atoms with Crippen LogP contribution in [0.25, 0.3) is 0 Å². The highest BCUT2D eigenvalue weighted by molar-refractivity contribution is 7.99. The molecule has 0 aromatic heterocycles. The average molecular weight is 187 g/mol. The summed E-state index contributed by atoms with van der Waals surface area (Å²) in [6.45, 7) is 4.23. The quantitative estimate of drug-likeness (QED) is 0.732. The first-order chi connectivity index (χ1) is 5.58. The minimum atomic E-state index is 0.0333. The van der Waals surface area contributed by atoms with Gasteiger partial charge in [0.15, 0.2) is 0 Å². The Hall–Kier alpha value is 0.310. The Morgan fingerprint density at radius 1 is 1.33 bits per heavy atom. The lowest BCUT2D eigenvalue weighted by atomic mass is 10.0. The Labute approximate surface area is 80.5 Å². The molecule has 1 aliphatic rings. The molecule has 1 rings (SSSR count). The summed E-state index contributed by atoms with van der Waals surface area (Å²) < 4.78 is 0. The molecular weight excluding hydrogens is 166 g/mol. The number of nitrogens with two attached hydrogens (primary N) is 1. The van der Waals surface area contributed by atoms with Gasteiger partial charge in [0, 0.05) is 10.8 Å². The Morgan fingerprint density at radius 3 is 2.42 bits per heavy atom. The Balaban J connectivity index is 2.02. The normalized spacial score (nSPS) is 20.2. The van der Waals surface area contributed by atoms with Gasteiger partial charge in [-0.2, -0.15) is 11.8 Å². The second kappa shape index (κ2) is 4.52. The highest BCUT2D eigenvalue weighted by Gasteiger charge is 2.16. The first-order valence-electron chi connectivity index (χ1n) is 4.98. The summed E-state index contributed by atoms with van der Waals surface area (Å²) in [5.74, 6) is 1.24. The van der Waals surface area contributed by atoms with Crippen LogP contribution in [-0.4, -0.2) is 16.5 Å². The summed E-state index contributed by atoms with van der Waals surface area (Å²) in [4.78, 5) is 0. The second-order valence-electron chi connectivity index (χ2n) is 4.52. The van der Waals surface area contributed by atoms with Crippen molar-refractivity contribution in [3.63, 3.8) is 0 Å². The highest BCUT2D eigenvalue weighted by Crippen LogP contribution is 2.30. The van der Waals surface area contributed by atoms with Gasteiger partial charge < -0.3 is 5.73 Å². The molecule has 2 heteroatoms. The van der Waals surface area contributed by atoms with Crippen LogP contribution in [0, 0.1) is 0 Å². The van der Waals surface area contributed by atoms with Crippen LogP contribution in [0.4, 0.5) is 0 Å². The van der Waals surface area contributed by atoms with Crippen molar-refractivity contribution in [2.75, 3.05) is 5.75 Å². The molecule has 2 N–H and O–H groups in total. The molecule has 0 atom stereocenters. The van der Waals surface area contributed by atoms with Gasteiger partial charge in [0.2, 0.25) is 0 Å². The summed E-state index contributed by atoms with van der Waals surface area (Å²) in [6, 6.07) is 0. The first-order valence-corrected chi connectivity index (χ1v) is 6.03. The van der Waals surface area contributed by atoms with E-state index in [-0.39, 0.29) is 5.54 Å². The monoisotopic (exact) mass is 187 g/mol. The topological polar surface area (TPSA) is 26.0 Å². The van der Waals surface area contributed by atoms with Crippen molar-refractivity contribution in [2.24, 2.45) is 5.73 Å². The van der Waals surface area contributed by atoms with Crippen LogP contribution in [0.3, 0.4) is 0 Å². The van der Waals surface area contributed by atoms with Gasteiger partial charge in [-0.25, -0.2) is 0 Å². The van der Waals surface area contributed by atoms with Crippen LogP contribution < -0.4 is 5.73 Å². The van der Waals surface area contributed by atoms with E-state index in [0.29, 0.717) is 0 Å². The van der Waals surface area contributed by atoms with Crippen LogP contribution in [0.15, 0.2) is 0 Å². The largest absolute Gasteiger partial charge is 0.326 e. The van der Waals surface area contributed by atoms with Crippen LogP contribution in [-0.2, 0) is 0 Å². The van der Waals surface area contributed by atoms with Crippen molar-refractivity contribution in [2.45, 2.75) is 56.7 Å². The number of rotatable bonds is 4. The standard InChI is InChI=1S/C10H21NS/c1-10(2,11)7-8-12-9-5-3-4-6-9/h9H,3-8,11H2,1-2H3. The maximum absolute atomic E-state index is 5.91. The zero-order valence-corrected chi connectivity index (χ0v) is 9.12. The van der Waals surface area contributed by atoms with E-state index in [0.717, 1.165) is 11.7 Å². The Kier molecular flexibility index (Phi) is 3.91. The fourth-order valence-electron chi connectivity index (χ4n) is 1.54. The molecular formula is C10H21NS. The summed E-state index contributed by atoms with van der Waals surface area (Å²) in [6.07, 6.45) is 6.92. The molecule has 0 saturated heterocycles. The van der Waals surface area contributed by atoms with E-state index in [2.05, 4.69) is 25.6 Å². The van der Waals surface area contributed by atoms with Crippen LogP contribution in [0.2, 0.25) is 0 Å². The fourth-order valence-corrected chi connectivity index (χ4v) is 3.19. The third-order valence-corrected chi connectivity index (χ3v) is 3.78. The second-order valence-corrected chi connectivity index (χ2v) is 5.92. The van der Waals surface area contributed by atoms with Crippen molar-refractivity contribution >= 4 is 11.8 Å². The molecule has 0 aliphatic heterocycles. The van der Waals surface area contributed by atoms with E-state index < -0.39 is 0 Å². The molecule has 1 aliphatic carbocycles. The van der Waals surface area contributed by atoms with E-state index in [9.17, 15) is 0 Å². The van der Waals surface area contributed by atoms with Crippen LogP contribution in [0.5, 0.6) is 0 Å². The molecule has 1 nitrogen and oxygen atoms in total. The molecule has 0 spiro atoms. The molecule has 72 valence electrons. The molecule has 0 amide bonds. The van der Waals surface area contributed by atoms with Gasteiger partial charge in [-0.1, -0.05) is 12.8 Å². The van der Waals surface area contributed by atoms with Gasteiger partial charge >= 0.3 is 0 Å². The minimum Gasteiger partial charge on any atom is -0.326 e. The molecule has 0 unspecified atom stereocenters. The van der Waals surface area contributed by atoms with E-state index in [1.165, 1.54) is 31.4 Å². The van der Waals surface area contributed by atoms with Crippen molar-refractivity contribution in [1.29, 1.82) is 0 Å². The van der Waals surface area contributed by atoms with Crippen molar-refractivity contribution in [3.05, 3.63) is 0 Å². The molecule has 12 heavy (non-hydrogen) atoms. The van der Waals surface area contributed by atoms with E-state index in [1.54, 1.807) is 0 Å². The fraction of sp³-hybridized carbons (Fsp3) is 1.00. The minimum absolute atomic E-state index is 0.0333. The Morgan fingerprint density at radius 2 is 1.92 bits per heavy atom. The van der Waals surface area contributed by atoms with Crippen LogP contribution >= 0.6 is 11.8 Å². The molecule has 0 aromatic carbocycles. The smallest absolute Gasteiger partial charge is 0.0105 e. The van der Waals surface area contributed by atoms with Gasteiger partial charge in [0.1, 0.15) is 0 Å². The van der Waals surface area contributed by atoms with Gasteiger partial charge in [-0.05, 0) is 38.9 Å². The molecule has 0 heterocycles. The predicted molar refractivity (Wildman–Crippen MR) is 57.6 cm³/mol. The van der Waals surface area contributed by atoms with Crippen molar-refractivity contribution in [1.82, 2.24) is 0 Å². The molecule has 0 aromatic rings. The number of hydrogen-bond donors (Lipinski definition) is 1. The Bertz CT molecular complexity index is 122. The van der Waals surface area contributed by atoms with E-state index in [4.69, 9.17) is 5.73 Å². The lowest BCUT2D eigenvalue weighted by Crippen LogP contribution is -2.32. The zero-order chi connectivity index (χ0) is 9.03. The summed E-state index contributed by atoms with van der Waals surface area (Å²) in [5.41, 5.74) is 5.94. The van der Waals surface area contributed by atoms with Gasteiger partial charge in [0.05, 0.1) is 0 Å². The van der Waals surface area contributed by atoms with Crippen molar-refractivity contribution < 1.29 is 0 Å². The predicted octanol–water partition coefficient (Wildman–Crippen LogP) is 2.79. The maximum Gasteiger partial charge on any atom is 0.0105 e. The van der Waals surface area contributed by atoms with E-state index in [1.807, 2.05) is 0 Å². The van der Waals surface area contributed by atoms with Gasteiger partial charge in [0.25, 0.3) is 0 Å². The summed E-state index contributed by atoms with van der Waals surface area (Å²) in [7, 11) is 0. The third kappa shape index (κ3) is 4.36. The summed E-state index contributed by atoms with van der Waals surface area (Å²) >= 11 is 2.13. The molecule has 1 saturated carbocycles. The maximum atomic E-state index is 5.91. The number of hydrogen-bond acceptors (Lipinski definition) is 2. The zero-order valence-electron chi connectivity index (χ0n) is 8.31. The average Bonchev–Trinajstić information content (AvgIpc) is 2.36.